The lowest BCUT2D eigenvalue weighted by molar-refractivity contribution is 0.371. The minimum absolute atomic E-state index is 0.633. The molecular weight excluding hydrogens is 362 g/mol. The largest absolute Gasteiger partial charge is 0.357 e. The maximum Gasteiger partial charge on any atom is 0.194 e. The van der Waals surface area contributed by atoms with E-state index in [-0.39, 0.29) is 0 Å². The van der Waals surface area contributed by atoms with Crippen molar-refractivity contribution in [2.75, 3.05) is 55.6 Å². The second-order valence-electron chi connectivity index (χ2n) is 7.03. The first-order valence-corrected chi connectivity index (χ1v) is 10.6. The summed E-state index contributed by atoms with van der Waals surface area (Å²) < 4.78 is 0. The molecular formula is C22H33N7. The smallest absolute Gasteiger partial charge is 0.194 e. The van der Waals surface area contributed by atoms with E-state index in [1.807, 2.05) is 24.5 Å². The minimum atomic E-state index is 0.633. The Hall–Kier alpha value is -2.83. The fraction of sp³-hybridized carbons (Fsp3) is 0.500. The Kier molecular flexibility index (Phi) is 7.67. The van der Waals surface area contributed by atoms with Crippen LogP contribution in [0.5, 0.6) is 0 Å². The molecule has 3 rings (SSSR count). The molecule has 2 aromatic heterocycles. The molecule has 1 fully saturated rings. The van der Waals surface area contributed by atoms with E-state index in [4.69, 9.17) is 4.99 Å². The predicted octanol–water partition coefficient (Wildman–Crippen LogP) is 2.61. The highest BCUT2D eigenvalue weighted by Crippen LogP contribution is 2.14. The molecule has 0 unspecified atom stereocenters. The van der Waals surface area contributed by atoms with Gasteiger partial charge in [0.05, 0.1) is 6.54 Å². The summed E-state index contributed by atoms with van der Waals surface area (Å²) in [5.41, 5.74) is 1.13. The van der Waals surface area contributed by atoms with Crippen molar-refractivity contribution in [3.8, 4) is 0 Å². The highest BCUT2D eigenvalue weighted by molar-refractivity contribution is 5.80. The molecule has 0 spiro atoms. The van der Waals surface area contributed by atoms with Crippen molar-refractivity contribution in [3.05, 3.63) is 48.3 Å². The molecule has 0 aromatic carbocycles. The zero-order valence-electron chi connectivity index (χ0n) is 17.9. The van der Waals surface area contributed by atoms with Crippen molar-refractivity contribution in [2.45, 2.75) is 27.3 Å². The second-order valence-corrected chi connectivity index (χ2v) is 7.03. The Morgan fingerprint density at radius 3 is 2.41 bits per heavy atom. The summed E-state index contributed by atoms with van der Waals surface area (Å²) in [4.78, 5) is 20.9. The normalized spacial score (nSPS) is 14.8. The highest BCUT2D eigenvalue weighted by atomic mass is 15.4. The molecule has 0 amide bonds. The van der Waals surface area contributed by atoms with Crippen LogP contribution in [0.3, 0.4) is 0 Å². The quantitative estimate of drug-likeness (QED) is 0.574. The number of anilines is 2. The third-order valence-electron chi connectivity index (χ3n) is 5.20. The zero-order valence-corrected chi connectivity index (χ0v) is 17.9. The van der Waals surface area contributed by atoms with E-state index in [9.17, 15) is 0 Å². The minimum Gasteiger partial charge on any atom is -0.357 e. The van der Waals surface area contributed by atoms with E-state index >= 15 is 0 Å². The van der Waals surface area contributed by atoms with E-state index in [0.717, 1.165) is 69.0 Å². The number of piperazine rings is 1. The molecule has 0 aliphatic carbocycles. The first-order valence-electron chi connectivity index (χ1n) is 10.6. The van der Waals surface area contributed by atoms with Gasteiger partial charge in [0.2, 0.25) is 0 Å². The fourth-order valence-corrected chi connectivity index (χ4v) is 3.53. The fourth-order valence-electron chi connectivity index (χ4n) is 3.53. The third kappa shape index (κ3) is 5.59. The standard InChI is InChI=1S/C22H33N7/c1-4-23-22(26-18-19-10-11-21(25-17-19)27(5-2)6-3)29-15-13-28(14-16-29)20-9-7-8-12-24-20/h7-12,17H,4-6,13-16,18H2,1-3H3,(H,23,26). The summed E-state index contributed by atoms with van der Waals surface area (Å²) in [6.07, 6.45) is 3.80. The maximum absolute atomic E-state index is 4.86. The van der Waals surface area contributed by atoms with Gasteiger partial charge in [0.1, 0.15) is 11.6 Å². The Balaban J connectivity index is 1.60. The molecule has 2 aromatic rings. The average Bonchev–Trinajstić information content (AvgIpc) is 2.79. The molecule has 0 bridgehead atoms. The van der Waals surface area contributed by atoms with Crippen molar-refractivity contribution >= 4 is 17.6 Å². The molecule has 29 heavy (non-hydrogen) atoms. The lowest BCUT2D eigenvalue weighted by Crippen LogP contribution is -2.52. The average molecular weight is 396 g/mol. The number of aromatic nitrogens is 2. The first kappa shape index (κ1) is 20.9. The molecule has 1 saturated heterocycles. The van der Waals surface area contributed by atoms with Gasteiger partial charge in [-0.1, -0.05) is 12.1 Å². The molecule has 1 aliphatic rings. The highest BCUT2D eigenvalue weighted by Gasteiger charge is 2.20. The van der Waals surface area contributed by atoms with Crippen molar-refractivity contribution < 1.29 is 0 Å². The van der Waals surface area contributed by atoms with Crippen LogP contribution in [0.2, 0.25) is 0 Å². The van der Waals surface area contributed by atoms with Crippen LogP contribution in [0.4, 0.5) is 11.6 Å². The van der Waals surface area contributed by atoms with Gasteiger partial charge in [-0.05, 0) is 44.5 Å². The summed E-state index contributed by atoms with van der Waals surface area (Å²) in [7, 11) is 0. The zero-order chi connectivity index (χ0) is 20.5. The summed E-state index contributed by atoms with van der Waals surface area (Å²) in [6, 6.07) is 10.3. The molecule has 7 nitrogen and oxygen atoms in total. The predicted molar refractivity (Wildman–Crippen MR) is 121 cm³/mol. The van der Waals surface area contributed by atoms with Crippen LogP contribution in [0.15, 0.2) is 47.7 Å². The van der Waals surface area contributed by atoms with Crippen LogP contribution in [0, 0.1) is 0 Å². The lowest BCUT2D eigenvalue weighted by Gasteiger charge is -2.37. The molecule has 3 heterocycles. The van der Waals surface area contributed by atoms with E-state index in [1.54, 1.807) is 0 Å². The molecule has 0 radical (unpaired) electrons. The van der Waals surface area contributed by atoms with Crippen LogP contribution in [-0.2, 0) is 6.54 Å². The second kappa shape index (κ2) is 10.6. The monoisotopic (exact) mass is 395 g/mol. The third-order valence-corrected chi connectivity index (χ3v) is 5.20. The number of pyridine rings is 2. The first-order chi connectivity index (χ1) is 14.2. The topological polar surface area (TPSA) is 59.9 Å². The Morgan fingerprint density at radius 1 is 1.03 bits per heavy atom. The van der Waals surface area contributed by atoms with E-state index in [0.29, 0.717) is 6.54 Å². The van der Waals surface area contributed by atoms with Gasteiger partial charge >= 0.3 is 0 Å². The van der Waals surface area contributed by atoms with Crippen LogP contribution in [-0.4, -0.2) is 66.6 Å². The van der Waals surface area contributed by atoms with Crippen molar-refractivity contribution in [2.24, 2.45) is 4.99 Å². The molecule has 0 atom stereocenters. The maximum atomic E-state index is 4.86. The summed E-state index contributed by atoms with van der Waals surface area (Å²) >= 11 is 0. The number of guanidine groups is 1. The number of hydrogen-bond acceptors (Lipinski definition) is 5. The van der Waals surface area contributed by atoms with Gasteiger partial charge in [-0.3, -0.25) is 0 Å². The number of aliphatic imine (C=N–C) groups is 1. The number of rotatable bonds is 7. The number of nitrogens with zero attached hydrogens (tertiary/aromatic N) is 6. The Labute approximate surface area is 174 Å². The number of nitrogens with one attached hydrogen (secondary N) is 1. The van der Waals surface area contributed by atoms with Crippen molar-refractivity contribution in [3.63, 3.8) is 0 Å². The van der Waals surface area contributed by atoms with Crippen LogP contribution in [0.25, 0.3) is 0 Å². The Morgan fingerprint density at radius 2 is 1.83 bits per heavy atom. The van der Waals surface area contributed by atoms with Gasteiger partial charge in [0.25, 0.3) is 0 Å². The molecule has 1 aliphatic heterocycles. The molecule has 7 heteroatoms. The van der Waals surface area contributed by atoms with Gasteiger partial charge in [0.15, 0.2) is 5.96 Å². The summed E-state index contributed by atoms with van der Waals surface area (Å²) in [6.45, 7) is 13.6. The van der Waals surface area contributed by atoms with Gasteiger partial charge < -0.3 is 20.0 Å². The van der Waals surface area contributed by atoms with Crippen LogP contribution >= 0.6 is 0 Å². The van der Waals surface area contributed by atoms with Crippen LogP contribution in [0.1, 0.15) is 26.3 Å². The summed E-state index contributed by atoms with van der Waals surface area (Å²) in [5.74, 6) is 3.05. The molecule has 0 saturated carbocycles. The molecule has 1 N–H and O–H groups in total. The van der Waals surface area contributed by atoms with Crippen molar-refractivity contribution in [1.29, 1.82) is 0 Å². The van der Waals surface area contributed by atoms with Gasteiger partial charge in [0, 0.05) is 58.2 Å². The van der Waals surface area contributed by atoms with Gasteiger partial charge in [-0.2, -0.15) is 0 Å². The van der Waals surface area contributed by atoms with Gasteiger partial charge in [-0.15, -0.1) is 0 Å². The molecule has 156 valence electrons. The SMILES string of the molecule is CCNC(=NCc1ccc(N(CC)CC)nc1)N1CCN(c2ccccn2)CC1. The van der Waals surface area contributed by atoms with E-state index in [1.165, 1.54) is 0 Å². The van der Waals surface area contributed by atoms with Crippen molar-refractivity contribution in [1.82, 2.24) is 20.2 Å². The van der Waals surface area contributed by atoms with Gasteiger partial charge in [-0.25, -0.2) is 15.0 Å². The Bertz CT molecular complexity index is 748. The van der Waals surface area contributed by atoms with E-state index < -0.39 is 0 Å². The lowest BCUT2D eigenvalue weighted by atomic mass is 10.2. The number of hydrogen-bond donors (Lipinski definition) is 1. The van der Waals surface area contributed by atoms with Crippen LogP contribution < -0.4 is 15.1 Å². The summed E-state index contributed by atoms with van der Waals surface area (Å²) in [5, 5.41) is 3.44. The van der Waals surface area contributed by atoms with E-state index in [2.05, 4.69) is 69.0 Å².